The number of ether oxygens (including phenoxy) is 1. The van der Waals surface area contributed by atoms with E-state index >= 15 is 0 Å². The minimum atomic E-state index is -3.71. The zero-order valence-electron chi connectivity index (χ0n) is 15.6. The molecule has 4 N–H and O–H groups in total. The Balaban J connectivity index is 1.95. The smallest absolute Gasteiger partial charge is 0.238 e. The van der Waals surface area contributed by atoms with E-state index in [4.69, 9.17) is 9.88 Å². The molecule has 2 aromatic rings. The first-order chi connectivity index (χ1) is 12.9. The monoisotopic (exact) mass is 390 g/mol. The van der Waals surface area contributed by atoms with E-state index in [9.17, 15) is 8.42 Å². The molecule has 0 fully saturated rings. The van der Waals surface area contributed by atoms with Crippen molar-refractivity contribution in [2.45, 2.75) is 24.8 Å². The largest absolute Gasteiger partial charge is 0.497 e. The van der Waals surface area contributed by atoms with Crippen LogP contribution in [0.3, 0.4) is 0 Å². The number of nitrogens with zero attached hydrogens (tertiary/aromatic N) is 1. The highest BCUT2D eigenvalue weighted by Crippen LogP contribution is 2.12. The number of sulfonamides is 1. The topological polar surface area (TPSA) is 106 Å². The summed E-state index contributed by atoms with van der Waals surface area (Å²) in [7, 11) is -2.07. The Hall–Kier alpha value is -2.58. The highest BCUT2D eigenvalue weighted by molar-refractivity contribution is 7.89. The van der Waals surface area contributed by atoms with Crippen molar-refractivity contribution in [3.8, 4) is 5.75 Å². The predicted molar refractivity (Wildman–Crippen MR) is 107 cm³/mol. The number of nitrogens with one attached hydrogen (secondary N) is 2. The molecule has 2 aromatic carbocycles. The zero-order chi connectivity index (χ0) is 19.7. The van der Waals surface area contributed by atoms with Gasteiger partial charge in [-0.15, -0.1) is 0 Å². The third kappa shape index (κ3) is 6.92. The lowest BCUT2D eigenvalue weighted by atomic mass is 10.1. The third-order valence-corrected chi connectivity index (χ3v) is 4.77. The summed E-state index contributed by atoms with van der Waals surface area (Å²) in [6, 6.07) is 14.4. The molecule has 8 heteroatoms. The Morgan fingerprint density at radius 3 is 2.48 bits per heavy atom. The van der Waals surface area contributed by atoms with Crippen LogP contribution < -0.4 is 20.5 Å². The summed E-state index contributed by atoms with van der Waals surface area (Å²) in [5.41, 5.74) is 1.97. The van der Waals surface area contributed by atoms with Crippen LogP contribution in [0, 0.1) is 0 Å². The van der Waals surface area contributed by atoms with Crippen LogP contribution in [0.4, 0.5) is 0 Å². The number of benzene rings is 2. The van der Waals surface area contributed by atoms with Gasteiger partial charge in [0.15, 0.2) is 5.96 Å². The van der Waals surface area contributed by atoms with E-state index in [2.05, 4.69) is 15.6 Å². The van der Waals surface area contributed by atoms with E-state index in [0.29, 0.717) is 12.5 Å². The molecule has 0 amide bonds. The van der Waals surface area contributed by atoms with Gasteiger partial charge in [0.2, 0.25) is 10.0 Å². The quantitative estimate of drug-likeness (QED) is 0.469. The van der Waals surface area contributed by atoms with Gasteiger partial charge in [-0.05, 0) is 48.7 Å². The molecule has 0 saturated heterocycles. The van der Waals surface area contributed by atoms with Crippen LogP contribution in [0.1, 0.15) is 18.1 Å². The maximum Gasteiger partial charge on any atom is 0.238 e. The molecule has 0 atom stereocenters. The summed E-state index contributed by atoms with van der Waals surface area (Å²) in [5.74, 6) is 1.51. The van der Waals surface area contributed by atoms with Crippen LogP contribution in [0.25, 0.3) is 0 Å². The fourth-order valence-corrected chi connectivity index (χ4v) is 3.03. The van der Waals surface area contributed by atoms with Crippen molar-refractivity contribution in [1.29, 1.82) is 0 Å². The normalized spacial score (nSPS) is 11.9. The van der Waals surface area contributed by atoms with Crippen molar-refractivity contribution in [3.63, 3.8) is 0 Å². The van der Waals surface area contributed by atoms with E-state index in [1.807, 2.05) is 37.3 Å². The van der Waals surface area contributed by atoms with Crippen LogP contribution in [-0.4, -0.2) is 34.6 Å². The van der Waals surface area contributed by atoms with Crippen molar-refractivity contribution < 1.29 is 13.2 Å². The Labute approximate surface area is 160 Å². The Bertz CT molecular complexity index is 865. The highest BCUT2D eigenvalue weighted by Gasteiger charge is 2.07. The molecule has 0 aromatic heterocycles. The van der Waals surface area contributed by atoms with E-state index < -0.39 is 10.0 Å². The van der Waals surface area contributed by atoms with Crippen LogP contribution >= 0.6 is 0 Å². The molecule has 0 bridgehead atoms. The second-order valence-corrected chi connectivity index (χ2v) is 7.47. The van der Waals surface area contributed by atoms with Gasteiger partial charge in [-0.2, -0.15) is 0 Å². The summed E-state index contributed by atoms with van der Waals surface area (Å²) in [5, 5.41) is 11.6. The lowest BCUT2D eigenvalue weighted by Crippen LogP contribution is -2.38. The Morgan fingerprint density at radius 2 is 1.85 bits per heavy atom. The maximum absolute atomic E-state index is 11.5. The number of primary sulfonamides is 1. The van der Waals surface area contributed by atoms with Crippen molar-refractivity contribution in [3.05, 3.63) is 59.7 Å². The second kappa shape index (κ2) is 9.94. The molecule has 0 aliphatic carbocycles. The Morgan fingerprint density at radius 1 is 1.11 bits per heavy atom. The number of hydrogen-bond donors (Lipinski definition) is 3. The molecule has 0 radical (unpaired) electrons. The molecular formula is C19H26N4O3S. The van der Waals surface area contributed by atoms with Crippen LogP contribution in [0.15, 0.2) is 58.4 Å². The first-order valence-corrected chi connectivity index (χ1v) is 10.2. The second-order valence-electron chi connectivity index (χ2n) is 5.91. The number of nitrogens with two attached hydrogens (primary N) is 1. The van der Waals surface area contributed by atoms with Gasteiger partial charge in [-0.25, -0.2) is 18.5 Å². The highest BCUT2D eigenvalue weighted by atomic mass is 32.2. The van der Waals surface area contributed by atoms with Gasteiger partial charge in [-0.3, -0.25) is 0 Å². The molecule has 0 heterocycles. The molecule has 7 nitrogen and oxygen atoms in total. The molecule has 0 aliphatic rings. The molecule has 0 aliphatic heterocycles. The van der Waals surface area contributed by atoms with Crippen LogP contribution in [-0.2, 0) is 23.0 Å². The molecule has 0 saturated carbocycles. The van der Waals surface area contributed by atoms with E-state index in [1.54, 1.807) is 19.2 Å². The van der Waals surface area contributed by atoms with Gasteiger partial charge in [0.05, 0.1) is 18.6 Å². The van der Waals surface area contributed by atoms with Crippen molar-refractivity contribution >= 4 is 16.0 Å². The van der Waals surface area contributed by atoms with Crippen molar-refractivity contribution in [2.24, 2.45) is 10.1 Å². The van der Waals surface area contributed by atoms with E-state index in [0.717, 1.165) is 30.8 Å². The molecule has 2 rings (SSSR count). The first kappa shape index (κ1) is 20.7. The van der Waals surface area contributed by atoms with Gasteiger partial charge in [0.25, 0.3) is 0 Å². The van der Waals surface area contributed by atoms with Crippen LogP contribution in [0.5, 0.6) is 5.75 Å². The average molecular weight is 391 g/mol. The number of guanidine groups is 1. The van der Waals surface area contributed by atoms with Crippen LogP contribution in [0.2, 0.25) is 0 Å². The minimum Gasteiger partial charge on any atom is -0.497 e. The molecule has 146 valence electrons. The third-order valence-electron chi connectivity index (χ3n) is 3.86. The zero-order valence-corrected chi connectivity index (χ0v) is 16.4. The van der Waals surface area contributed by atoms with Gasteiger partial charge >= 0.3 is 0 Å². The maximum atomic E-state index is 11.5. The predicted octanol–water partition coefficient (Wildman–Crippen LogP) is 1.64. The summed E-state index contributed by atoms with van der Waals surface area (Å²) < 4.78 is 28.1. The average Bonchev–Trinajstić information content (AvgIpc) is 2.66. The SMILES string of the molecule is CCNC(=NCc1cccc(S(N)(=O)=O)c1)NCCc1ccc(OC)cc1. The number of hydrogen-bond acceptors (Lipinski definition) is 4. The summed E-state index contributed by atoms with van der Waals surface area (Å²) in [4.78, 5) is 4.59. The summed E-state index contributed by atoms with van der Waals surface area (Å²) in [6.07, 6.45) is 0.843. The number of aliphatic imine (C=N–C) groups is 1. The minimum absolute atomic E-state index is 0.0904. The lowest BCUT2D eigenvalue weighted by Gasteiger charge is -2.12. The fraction of sp³-hybridized carbons (Fsp3) is 0.316. The molecular weight excluding hydrogens is 364 g/mol. The van der Waals surface area contributed by atoms with Gasteiger partial charge in [-0.1, -0.05) is 24.3 Å². The van der Waals surface area contributed by atoms with Gasteiger partial charge < -0.3 is 15.4 Å². The molecule has 0 unspecified atom stereocenters. The van der Waals surface area contributed by atoms with Gasteiger partial charge in [0.1, 0.15) is 5.75 Å². The first-order valence-electron chi connectivity index (χ1n) is 8.69. The van der Waals surface area contributed by atoms with E-state index in [-0.39, 0.29) is 4.90 Å². The standard InChI is InChI=1S/C19H26N4O3S/c1-3-21-19(22-12-11-15-7-9-17(26-2)10-8-15)23-14-16-5-4-6-18(13-16)27(20,24)25/h4-10,13H,3,11-12,14H2,1-2H3,(H2,20,24,25)(H2,21,22,23). The molecule has 0 spiro atoms. The number of methoxy groups -OCH3 is 1. The van der Waals surface area contributed by atoms with Crippen molar-refractivity contribution in [1.82, 2.24) is 10.6 Å². The summed E-state index contributed by atoms with van der Waals surface area (Å²) in [6.45, 7) is 3.78. The van der Waals surface area contributed by atoms with Crippen molar-refractivity contribution in [2.75, 3.05) is 20.2 Å². The van der Waals surface area contributed by atoms with E-state index in [1.165, 1.54) is 11.6 Å². The number of rotatable bonds is 8. The Kier molecular flexibility index (Phi) is 7.63. The summed E-state index contributed by atoms with van der Waals surface area (Å²) >= 11 is 0. The van der Waals surface area contributed by atoms with Gasteiger partial charge in [0, 0.05) is 13.1 Å². The lowest BCUT2D eigenvalue weighted by molar-refractivity contribution is 0.414. The molecule has 27 heavy (non-hydrogen) atoms. The fourth-order valence-electron chi connectivity index (χ4n) is 2.45.